The number of hydrogen-bond acceptors (Lipinski definition) is 7. The first kappa shape index (κ1) is 25.1. The number of sulfonamides is 1. The number of aromatic nitrogens is 1. The zero-order chi connectivity index (χ0) is 23.3. The fourth-order valence-corrected chi connectivity index (χ4v) is 6.57. The predicted molar refractivity (Wildman–Crippen MR) is 123 cm³/mol. The van der Waals surface area contributed by atoms with E-state index in [4.69, 9.17) is 4.52 Å². The summed E-state index contributed by atoms with van der Waals surface area (Å²) in [6.45, 7) is 15.6. The molecule has 3 heterocycles. The molecule has 1 atom stereocenters. The number of rotatable bonds is 9. The van der Waals surface area contributed by atoms with Crippen molar-refractivity contribution in [2.45, 2.75) is 51.9 Å². The van der Waals surface area contributed by atoms with Gasteiger partial charge in [-0.1, -0.05) is 19.0 Å². The third-order valence-corrected chi connectivity index (χ3v) is 9.19. The molecule has 1 unspecified atom stereocenters. The van der Waals surface area contributed by atoms with Crippen LogP contribution in [0.5, 0.6) is 0 Å². The predicted octanol–water partition coefficient (Wildman–Crippen LogP) is 1.47. The smallest absolute Gasteiger partial charge is 0.248 e. The van der Waals surface area contributed by atoms with Crippen molar-refractivity contribution in [3.63, 3.8) is 0 Å². The van der Waals surface area contributed by atoms with Crippen molar-refractivity contribution >= 4 is 15.9 Å². The van der Waals surface area contributed by atoms with Gasteiger partial charge in [0, 0.05) is 51.7 Å². The number of aryl methyl sites for hydroxylation is 2. The summed E-state index contributed by atoms with van der Waals surface area (Å²) in [7, 11) is -3.61. The Morgan fingerprint density at radius 2 is 1.75 bits per heavy atom. The summed E-state index contributed by atoms with van der Waals surface area (Å²) in [5.41, 5.74) is 0.393. The fourth-order valence-electron chi connectivity index (χ4n) is 4.81. The number of nitrogens with zero attached hydrogens (tertiary/aromatic N) is 4. The minimum atomic E-state index is -3.61. The second kappa shape index (κ2) is 11.1. The molecule has 32 heavy (non-hydrogen) atoms. The highest BCUT2D eigenvalue weighted by molar-refractivity contribution is 7.89. The van der Waals surface area contributed by atoms with E-state index < -0.39 is 10.0 Å². The number of amides is 1. The number of piperidine rings is 1. The van der Waals surface area contributed by atoms with E-state index in [9.17, 15) is 13.2 Å². The van der Waals surface area contributed by atoms with E-state index in [2.05, 4.69) is 27.2 Å². The molecular weight excluding hydrogens is 430 g/mol. The number of carbonyl (C=O) groups excluding carboxylic acids is 1. The molecular formula is C22H39N5O4S. The molecule has 3 rings (SSSR count). The van der Waals surface area contributed by atoms with E-state index in [0.717, 1.165) is 45.7 Å². The maximum atomic E-state index is 13.0. The van der Waals surface area contributed by atoms with Crippen molar-refractivity contribution in [3.05, 3.63) is 11.5 Å². The second-order valence-electron chi connectivity index (χ2n) is 9.10. The summed E-state index contributed by atoms with van der Waals surface area (Å²) in [4.78, 5) is 17.8. The van der Waals surface area contributed by atoms with Crippen molar-refractivity contribution in [2.75, 3.05) is 58.9 Å². The van der Waals surface area contributed by atoms with Crippen LogP contribution in [0.2, 0.25) is 0 Å². The van der Waals surface area contributed by atoms with Gasteiger partial charge in [0.05, 0.1) is 0 Å². The van der Waals surface area contributed by atoms with Gasteiger partial charge in [-0.2, -0.15) is 4.31 Å². The van der Waals surface area contributed by atoms with Gasteiger partial charge < -0.3 is 19.6 Å². The Balaban J connectivity index is 1.39. The third kappa shape index (κ3) is 5.89. The lowest BCUT2D eigenvalue weighted by Crippen LogP contribution is -2.47. The van der Waals surface area contributed by atoms with Gasteiger partial charge in [-0.3, -0.25) is 4.79 Å². The van der Waals surface area contributed by atoms with Gasteiger partial charge in [0.25, 0.3) is 0 Å². The molecule has 0 radical (unpaired) electrons. The maximum Gasteiger partial charge on any atom is 0.248 e. The van der Waals surface area contributed by atoms with Crippen LogP contribution >= 0.6 is 0 Å². The summed E-state index contributed by atoms with van der Waals surface area (Å²) in [5.74, 6) is 0.470. The van der Waals surface area contributed by atoms with E-state index in [-0.39, 0.29) is 22.6 Å². The fraction of sp³-hybridized carbons (Fsp3) is 0.818. The van der Waals surface area contributed by atoms with Crippen molar-refractivity contribution in [2.24, 2.45) is 11.8 Å². The average Bonchev–Trinajstić information content (AvgIpc) is 3.15. The first-order valence-corrected chi connectivity index (χ1v) is 13.3. The molecule has 2 fully saturated rings. The van der Waals surface area contributed by atoms with Crippen molar-refractivity contribution < 1.29 is 17.7 Å². The molecule has 0 aliphatic carbocycles. The highest BCUT2D eigenvalue weighted by Crippen LogP contribution is 2.30. The van der Waals surface area contributed by atoms with Crippen LogP contribution in [0.3, 0.4) is 0 Å². The van der Waals surface area contributed by atoms with Crippen LogP contribution in [-0.4, -0.2) is 92.5 Å². The topological polar surface area (TPSA) is 99.0 Å². The Kier molecular flexibility index (Phi) is 8.71. The first-order chi connectivity index (χ1) is 15.2. The van der Waals surface area contributed by atoms with E-state index in [1.165, 1.54) is 4.31 Å². The quantitative estimate of drug-likeness (QED) is 0.547. The Labute approximate surface area is 192 Å². The van der Waals surface area contributed by atoms with Gasteiger partial charge in [0.2, 0.25) is 15.9 Å². The van der Waals surface area contributed by atoms with Crippen LogP contribution in [0.15, 0.2) is 9.42 Å². The molecule has 0 bridgehead atoms. The lowest BCUT2D eigenvalue weighted by Gasteiger charge is -2.34. The average molecular weight is 470 g/mol. The van der Waals surface area contributed by atoms with Gasteiger partial charge in [0.15, 0.2) is 5.76 Å². The first-order valence-electron chi connectivity index (χ1n) is 11.9. The summed E-state index contributed by atoms with van der Waals surface area (Å²) >= 11 is 0. The normalized spacial score (nSPS) is 21.0. The van der Waals surface area contributed by atoms with Gasteiger partial charge in [-0.15, -0.1) is 0 Å². The van der Waals surface area contributed by atoms with Gasteiger partial charge in [-0.05, 0) is 52.1 Å². The lowest BCUT2D eigenvalue weighted by molar-refractivity contribution is -0.126. The highest BCUT2D eigenvalue weighted by Gasteiger charge is 2.36. The van der Waals surface area contributed by atoms with Gasteiger partial charge in [-0.25, -0.2) is 8.42 Å². The Morgan fingerprint density at radius 3 is 2.31 bits per heavy atom. The van der Waals surface area contributed by atoms with Crippen LogP contribution < -0.4 is 5.32 Å². The Hall–Kier alpha value is -1.49. The van der Waals surface area contributed by atoms with Crippen molar-refractivity contribution in [1.29, 1.82) is 0 Å². The number of piperazine rings is 1. The number of likely N-dealkylation sites (N-methyl/N-ethyl adjacent to an activating group) is 1. The molecule has 1 N–H and O–H groups in total. The maximum absolute atomic E-state index is 13.0. The monoisotopic (exact) mass is 469 g/mol. The van der Waals surface area contributed by atoms with E-state index in [1.54, 1.807) is 13.8 Å². The highest BCUT2D eigenvalue weighted by atomic mass is 32.2. The van der Waals surface area contributed by atoms with Crippen LogP contribution in [0.25, 0.3) is 0 Å². The van der Waals surface area contributed by atoms with E-state index in [0.29, 0.717) is 43.9 Å². The molecule has 1 aromatic heterocycles. The van der Waals surface area contributed by atoms with Gasteiger partial charge in [0.1, 0.15) is 10.6 Å². The molecule has 2 aliphatic heterocycles. The summed E-state index contributed by atoms with van der Waals surface area (Å²) in [6, 6.07) is 0. The number of carbonyl (C=O) groups is 1. The summed E-state index contributed by atoms with van der Waals surface area (Å²) in [6.07, 6.45) is 2.32. The standard InChI is InChI=1S/C22H39N5O4S/c1-5-25-13-15-26(16-14-25)10-6-9-23-22(28)17(2)20-7-11-27(12-8-20)32(29,30)21-18(3)24-31-19(21)4/h17,20H,5-16H2,1-4H3,(H,23,28). The zero-order valence-corrected chi connectivity index (χ0v) is 20.8. The molecule has 9 nitrogen and oxygen atoms in total. The molecule has 0 spiro atoms. The summed E-state index contributed by atoms with van der Waals surface area (Å²) < 4.78 is 32.5. The Bertz CT molecular complexity index is 836. The SMILES string of the molecule is CCN1CCN(CCCNC(=O)C(C)C2CCN(S(=O)(=O)c3c(C)noc3C)CC2)CC1. The van der Waals surface area contributed by atoms with E-state index in [1.807, 2.05) is 6.92 Å². The minimum absolute atomic E-state index is 0.0767. The van der Waals surface area contributed by atoms with Crippen LogP contribution in [0.4, 0.5) is 0 Å². The molecule has 0 saturated carbocycles. The van der Waals surface area contributed by atoms with Crippen molar-refractivity contribution in [3.8, 4) is 0 Å². The molecule has 2 aliphatic rings. The van der Waals surface area contributed by atoms with Crippen molar-refractivity contribution in [1.82, 2.24) is 24.6 Å². The third-order valence-electron chi connectivity index (χ3n) is 7.05. The molecule has 10 heteroatoms. The van der Waals surface area contributed by atoms with Crippen LogP contribution in [-0.2, 0) is 14.8 Å². The molecule has 0 aromatic carbocycles. The molecule has 1 aromatic rings. The molecule has 182 valence electrons. The number of hydrogen-bond donors (Lipinski definition) is 1. The largest absolute Gasteiger partial charge is 0.360 e. The van der Waals surface area contributed by atoms with Crippen LogP contribution in [0, 0.1) is 25.7 Å². The summed E-state index contributed by atoms with van der Waals surface area (Å²) in [5, 5.41) is 6.87. The zero-order valence-electron chi connectivity index (χ0n) is 20.0. The molecule has 2 saturated heterocycles. The minimum Gasteiger partial charge on any atom is -0.360 e. The molecule has 1 amide bonds. The van der Waals surface area contributed by atoms with Gasteiger partial charge >= 0.3 is 0 Å². The van der Waals surface area contributed by atoms with Crippen LogP contribution in [0.1, 0.15) is 44.6 Å². The second-order valence-corrected chi connectivity index (χ2v) is 11.0. The Morgan fingerprint density at radius 1 is 1.12 bits per heavy atom. The number of nitrogens with one attached hydrogen (secondary N) is 1. The lowest BCUT2D eigenvalue weighted by atomic mass is 9.85. The van der Waals surface area contributed by atoms with E-state index >= 15 is 0 Å².